The van der Waals surface area contributed by atoms with Crippen molar-refractivity contribution < 1.29 is 14.5 Å². The van der Waals surface area contributed by atoms with Crippen LogP contribution in [0.3, 0.4) is 0 Å². The predicted molar refractivity (Wildman–Crippen MR) is 139 cm³/mol. The van der Waals surface area contributed by atoms with E-state index >= 15 is 0 Å². The van der Waals surface area contributed by atoms with Crippen molar-refractivity contribution >= 4 is 67.8 Å². The molecule has 4 rings (SSSR count). The summed E-state index contributed by atoms with van der Waals surface area (Å²) in [5.74, 6) is 0.203. The molecule has 0 aliphatic carbocycles. The first-order valence-electron chi connectivity index (χ1n) is 10.00. The van der Waals surface area contributed by atoms with Gasteiger partial charge in [-0.15, -0.1) is 0 Å². The fraction of sp³-hybridized carbons (Fsp3) is 0.0833. The van der Waals surface area contributed by atoms with Crippen LogP contribution in [0, 0.1) is 17.0 Å². The highest BCUT2D eigenvalue weighted by Crippen LogP contribution is 2.37. The van der Waals surface area contributed by atoms with E-state index < -0.39 is 4.92 Å². The molecule has 1 heterocycles. The fourth-order valence-corrected chi connectivity index (χ4v) is 4.87. The van der Waals surface area contributed by atoms with Gasteiger partial charge >= 0.3 is 0 Å². The van der Waals surface area contributed by atoms with Gasteiger partial charge in [0.2, 0.25) is 0 Å². The number of non-ortho nitro benzene ring substituents is 1. The summed E-state index contributed by atoms with van der Waals surface area (Å²) in [6.45, 7) is 2.19. The van der Waals surface area contributed by atoms with Crippen molar-refractivity contribution in [3.8, 4) is 5.75 Å². The number of thioether (sulfide) groups is 1. The lowest BCUT2D eigenvalue weighted by molar-refractivity contribution is -0.384. The Labute approximate surface area is 213 Å². The number of ether oxygens (including phenoxy) is 1. The molecule has 0 bridgehead atoms. The van der Waals surface area contributed by atoms with E-state index in [4.69, 9.17) is 16.3 Å². The van der Waals surface area contributed by atoms with Gasteiger partial charge in [-0.05, 0) is 88.2 Å². The lowest BCUT2D eigenvalue weighted by Crippen LogP contribution is -2.19. The van der Waals surface area contributed by atoms with Crippen LogP contribution in [0.15, 0.2) is 75.0 Å². The summed E-state index contributed by atoms with van der Waals surface area (Å²) < 4.78 is 6.44. The molecule has 0 spiro atoms. The quantitative estimate of drug-likeness (QED) is 0.204. The number of nitrogens with one attached hydrogen (secondary N) is 1. The number of benzene rings is 3. The highest BCUT2D eigenvalue weighted by atomic mass is 79.9. The Kier molecular flexibility index (Phi) is 7.35. The van der Waals surface area contributed by atoms with Gasteiger partial charge in [-0.25, -0.2) is 4.99 Å². The lowest BCUT2D eigenvalue weighted by atomic mass is 10.2. The Hall–Kier alpha value is -3.14. The average Bonchev–Trinajstić information content (AvgIpc) is 3.13. The van der Waals surface area contributed by atoms with Crippen LogP contribution in [0.2, 0.25) is 5.02 Å². The van der Waals surface area contributed by atoms with E-state index in [0.717, 1.165) is 16.8 Å². The zero-order valence-corrected chi connectivity index (χ0v) is 20.9. The van der Waals surface area contributed by atoms with E-state index in [1.165, 1.54) is 23.9 Å². The standard InChI is InChI=1S/C24H17BrClN3O4S/c1-14-2-6-17(7-3-14)27-24-28-23(30)21(34-24)12-16-10-19(25)22(20(26)11-16)33-13-15-4-8-18(9-5-15)29(31)32/h2-12H,13H2,1H3,(H,27,28,30)/b21-12+. The van der Waals surface area contributed by atoms with Crippen LogP contribution in [-0.2, 0) is 11.4 Å². The third-order valence-electron chi connectivity index (χ3n) is 4.76. The first-order chi connectivity index (χ1) is 16.3. The van der Waals surface area contributed by atoms with Gasteiger partial charge in [0.1, 0.15) is 6.61 Å². The SMILES string of the molecule is Cc1ccc(N=C2NC(=O)/C(=C\c3cc(Cl)c(OCc4ccc([N+](=O)[O-])cc4)c(Br)c3)S2)cc1. The Morgan fingerprint density at radius 1 is 1.18 bits per heavy atom. The van der Waals surface area contributed by atoms with Crippen LogP contribution in [-0.4, -0.2) is 16.0 Å². The first-order valence-corrected chi connectivity index (χ1v) is 12.0. The molecule has 1 amide bonds. The highest BCUT2D eigenvalue weighted by Gasteiger charge is 2.24. The number of nitro groups is 1. The summed E-state index contributed by atoms with van der Waals surface area (Å²) >= 11 is 11.2. The third kappa shape index (κ3) is 5.85. The predicted octanol–water partition coefficient (Wildman–Crippen LogP) is 6.79. The largest absolute Gasteiger partial charge is 0.486 e. The maximum absolute atomic E-state index is 12.4. The molecular formula is C24H17BrClN3O4S. The maximum Gasteiger partial charge on any atom is 0.269 e. The maximum atomic E-state index is 12.4. The van der Waals surface area contributed by atoms with Crippen LogP contribution < -0.4 is 10.1 Å². The molecule has 0 unspecified atom stereocenters. The van der Waals surface area contributed by atoms with E-state index in [0.29, 0.717) is 30.9 Å². The highest BCUT2D eigenvalue weighted by molar-refractivity contribution is 9.10. The molecule has 1 fully saturated rings. The van der Waals surface area contributed by atoms with E-state index in [2.05, 4.69) is 26.2 Å². The molecule has 3 aromatic carbocycles. The molecule has 172 valence electrons. The second kappa shape index (κ2) is 10.4. The molecule has 1 aliphatic heterocycles. The van der Waals surface area contributed by atoms with Crippen LogP contribution in [0.25, 0.3) is 6.08 Å². The van der Waals surface area contributed by atoms with E-state index in [9.17, 15) is 14.9 Å². The molecule has 1 N–H and O–H groups in total. The van der Waals surface area contributed by atoms with Gasteiger partial charge in [-0.2, -0.15) is 0 Å². The zero-order chi connectivity index (χ0) is 24.2. The topological polar surface area (TPSA) is 93.8 Å². The number of aliphatic imine (C=N–C) groups is 1. The molecule has 1 aliphatic rings. The van der Waals surface area contributed by atoms with Gasteiger partial charge < -0.3 is 10.1 Å². The third-order valence-corrected chi connectivity index (χ3v) is 6.54. The van der Waals surface area contributed by atoms with Crippen LogP contribution >= 0.6 is 39.3 Å². The van der Waals surface area contributed by atoms with Gasteiger partial charge in [0, 0.05) is 12.1 Å². The fourth-order valence-electron chi connectivity index (χ4n) is 3.04. The van der Waals surface area contributed by atoms with Crippen molar-refractivity contribution in [1.82, 2.24) is 5.32 Å². The molecule has 3 aromatic rings. The molecule has 7 nitrogen and oxygen atoms in total. The van der Waals surface area contributed by atoms with Crippen molar-refractivity contribution in [1.29, 1.82) is 0 Å². The van der Waals surface area contributed by atoms with Crippen molar-refractivity contribution in [2.45, 2.75) is 13.5 Å². The average molecular weight is 559 g/mol. The number of aryl methyl sites for hydroxylation is 1. The number of carbonyl (C=O) groups excluding carboxylic acids is 1. The second-order valence-corrected chi connectivity index (χ2v) is 9.64. The minimum Gasteiger partial charge on any atom is -0.486 e. The van der Waals surface area contributed by atoms with Gasteiger partial charge in [-0.1, -0.05) is 29.3 Å². The molecule has 0 aromatic heterocycles. The Morgan fingerprint density at radius 3 is 2.53 bits per heavy atom. The molecule has 34 heavy (non-hydrogen) atoms. The molecule has 10 heteroatoms. The summed E-state index contributed by atoms with van der Waals surface area (Å²) in [6.07, 6.45) is 1.73. The number of halogens is 2. The first kappa shape index (κ1) is 24.0. The van der Waals surface area contributed by atoms with Gasteiger partial charge in [0.25, 0.3) is 11.6 Å². The van der Waals surface area contributed by atoms with Crippen LogP contribution in [0.5, 0.6) is 5.75 Å². The smallest absolute Gasteiger partial charge is 0.269 e. The van der Waals surface area contributed by atoms with Crippen molar-refractivity contribution in [2.75, 3.05) is 0 Å². The van der Waals surface area contributed by atoms with Crippen LogP contribution in [0.1, 0.15) is 16.7 Å². The minimum atomic E-state index is -0.453. The number of rotatable bonds is 6. The number of amides is 1. The summed E-state index contributed by atoms with van der Waals surface area (Å²) in [6, 6.07) is 17.3. The minimum absolute atomic E-state index is 0.0150. The summed E-state index contributed by atoms with van der Waals surface area (Å²) in [7, 11) is 0. The van der Waals surface area contributed by atoms with Crippen molar-refractivity contribution in [2.24, 2.45) is 4.99 Å². The normalized spacial score (nSPS) is 15.6. The number of nitro benzene ring substituents is 1. The monoisotopic (exact) mass is 557 g/mol. The zero-order valence-electron chi connectivity index (χ0n) is 17.7. The summed E-state index contributed by atoms with van der Waals surface area (Å²) in [5.41, 5.74) is 3.39. The number of carbonyl (C=O) groups is 1. The number of amidine groups is 1. The molecular weight excluding hydrogens is 542 g/mol. The number of nitrogens with zero attached hydrogens (tertiary/aromatic N) is 2. The molecule has 0 radical (unpaired) electrons. The van der Waals surface area contributed by atoms with Gasteiger partial charge in [0.05, 0.1) is 25.0 Å². The molecule has 0 atom stereocenters. The van der Waals surface area contributed by atoms with E-state index in [-0.39, 0.29) is 18.2 Å². The van der Waals surface area contributed by atoms with Gasteiger partial charge in [0.15, 0.2) is 10.9 Å². The summed E-state index contributed by atoms with van der Waals surface area (Å²) in [5, 5.41) is 14.4. The van der Waals surface area contributed by atoms with Crippen LogP contribution in [0.4, 0.5) is 11.4 Å². The number of hydrogen-bond acceptors (Lipinski definition) is 6. The Balaban J connectivity index is 1.47. The van der Waals surface area contributed by atoms with Crippen molar-refractivity contribution in [3.05, 3.63) is 102 Å². The summed E-state index contributed by atoms with van der Waals surface area (Å²) in [4.78, 5) is 27.7. The molecule has 0 saturated carbocycles. The van der Waals surface area contributed by atoms with Crippen molar-refractivity contribution in [3.63, 3.8) is 0 Å². The number of hydrogen-bond donors (Lipinski definition) is 1. The van der Waals surface area contributed by atoms with E-state index in [1.807, 2.05) is 31.2 Å². The lowest BCUT2D eigenvalue weighted by Gasteiger charge is -2.11. The van der Waals surface area contributed by atoms with Gasteiger partial charge in [-0.3, -0.25) is 14.9 Å². The van der Waals surface area contributed by atoms with E-state index in [1.54, 1.807) is 30.3 Å². The molecule has 1 saturated heterocycles. The Morgan fingerprint density at radius 2 is 1.88 bits per heavy atom. The second-order valence-electron chi connectivity index (χ2n) is 7.34. The Bertz CT molecular complexity index is 1300.